The number of hydrogen-bond donors (Lipinski definition) is 1. The summed E-state index contributed by atoms with van der Waals surface area (Å²) in [5, 5.41) is 0. The van der Waals surface area contributed by atoms with E-state index in [9.17, 15) is 0 Å². The maximum atomic E-state index is 5.97. The summed E-state index contributed by atoms with van der Waals surface area (Å²) in [6.45, 7) is 4.35. The molecule has 0 heterocycles. The number of rotatable bonds is 6. The van der Waals surface area contributed by atoms with Gasteiger partial charge in [-0.3, -0.25) is 0 Å². The molecule has 0 fully saturated rings. The van der Waals surface area contributed by atoms with E-state index in [0.717, 1.165) is 31.0 Å². The Balaban J connectivity index is 2.74. The zero-order valence-corrected chi connectivity index (χ0v) is 10.4. The summed E-state index contributed by atoms with van der Waals surface area (Å²) in [6, 6.07) is 8.10. The molecule has 0 saturated heterocycles. The number of para-hydroxylation sites is 2. The maximum Gasteiger partial charge on any atom is 0.0600 e. The maximum absolute atomic E-state index is 5.97. The van der Waals surface area contributed by atoms with E-state index in [1.807, 2.05) is 30.0 Å². The van der Waals surface area contributed by atoms with Crippen LogP contribution in [0.1, 0.15) is 13.3 Å². The van der Waals surface area contributed by atoms with Gasteiger partial charge in [0.15, 0.2) is 0 Å². The molecular weight excluding hydrogens is 204 g/mol. The van der Waals surface area contributed by atoms with E-state index < -0.39 is 0 Å². The van der Waals surface area contributed by atoms with Crippen molar-refractivity contribution in [2.24, 2.45) is 0 Å². The van der Waals surface area contributed by atoms with Gasteiger partial charge in [-0.25, -0.2) is 0 Å². The van der Waals surface area contributed by atoms with Gasteiger partial charge in [0.1, 0.15) is 0 Å². The van der Waals surface area contributed by atoms with Gasteiger partial charge >= 0.3 is 0 Å². The molecule has 0 aliphatic rings. The molecule has 2 nitrogen and oxygen atoms in total. The molecule has 1 rings (SSSR count). The molecule has 84 valence electrons. The first kappa shape index (κ1) is 12.2. The fourth-order valence-corrected chi connectivity index (χ4v) is 2.00. The molecule has 0 spiro atoms. The monoisotopic (exact) mass is 224 g/mol. The fraction of sp³-hybridized carbons (Fsp3) is 0.500. The standard InChI is InChI=1S/C12H20N2S/c1-3-8-14(9-10-15-2)12-7-5-4-6-11(12)13/h4-7H,3,8-10,13H2,1-2H3. The number of hydrogen-bond acceptors (Lipinski definition) is 3. The van der Waals surface area contributed by atoms with E-state index >= 15 is 0 Å². The number of nitrogen functional groups attached to an aromatic ring is 1. The van der Waals surface area contributed by atoms with E-state index in [0.29, 0.717) is 0 Å². The predicted molar refractivity (Wildman–Crippen MR) is 71.7 cm³/mol. The van der Waals surface area contributed by atoms with Gasteiger partial charge in [-0.1, -0.05) is 19.1 Å². The largest absolute Gasteiger partial charge is 0.397 e. The van der Waals surface area contributed by atoms with Crippen LogP contribution in [0.5, 0.6) is 0 Å². The lowest BCUT2D eigenvalue weighted by Crippen LogP contribution is -2.27. The average Bonchev–Trinajstić information content (AvgIpc) is 2.25. The number of nitrogens with two attached hydrogens (primary N) is 1. The van der Waals surface area contributed by atoms with Crippen molar-refractivity contribution in [2.45, 2.75) is 13.3 Å². The fourth-order valence-electron chi connectivity index (χ4n) is 1.60. The summed E-state index contributed by atoms with van der Waals surface area (Å²) in [5.41, 5.74) is 8.03. The van der Waals surface area contributed by atoms with Crippen LogP contribution in [-0.2, 0) is 0 Å². The second-order valence-electron chi connectivity index (χ2n) is 3.54. The van der Waals surface area contributed by atoms with Gasteiger partial charge in [0.05, 0.1) is 11.4 Å². The Bertz CT molecular complexity index is 289. The molecule has 0 bridgehead atoms. The van der Waals surface area contributed by atoms with Crippen LogP contribution in [0.15, 0.2) is 24.3 Å². The highest BCUT2D eigenvalue weighted by Crippen LogP contribution is 2.22. The van der Waals surface area contributed by atoms with E-state index in [2.05, 4.69) is 24.1 Å². The molecule has 0 saturated carbocycles. The molecule has 0 aliphatic carbocycles. The van der Waals surface area contributed by atoms with Crippen molar-refractivity contribution in [3.63, 3.8) is 0 Å². The molecule has 0 radical (unpaired) electrons. The lowest BCUT2D eigenvalue weighted by molar-refractivity contribution is 0.797. The Morgan fingerprint density at radius 2 is 2.00 bits per heavy atom. The lowest BCUT2D eigenvalue weighted by Gasteiger charge is -2.25. The molecule has 1 aromatic rings. The van der Waals surface area contributed by atoms with Crippen molar-refractivity contribution < 1.29 is 0 Å². The zero-order valence-electron chi connectivity index (χ0n) is 9.57. The zero-order chi connectivity index (χ0) is 11.1. The van der Waals surface area contributed by atoms with Crippen LogP contribution in [0.4, 0.5) is 11.4 Å². The molecule has 0 unspecified atom stereocenters. The summed E-state index contributed by atoms with van der Waals surface area (Å²) in [4.78, 5) is 2.37. The van der Waals surface area contributed by atoms with Gasteiger partial charge in [0.25, 0.3) is 0 Å². The molecule has 0 aromatic heterocycles. The minimum Gasteiger partial charge on any atom is -0.397 e. The highest BCUT2D eigenvalue weighted by atomic mass is 32.2. The van der Waals surface area contributed by atoms with E-state index in [-0.39, 0.29) is 0 Å². The topological polar surface area (TPSA) is 29.3 Å². The van der Waals surface area contributed by atoms with Crippen LogP contribution < -0.4 is 10.6 Å². The number of nitrogens with zero attached hydrogens (tertiary/aromatic N) is 1. The summed E-state index contributed by atoms with van der Waals surface area (Å²) >= 11 is 1.87. The van der Waals surface area contributed by atoms with Crippen LogP contribution in [0.3, 0.4) is 0 Å². The van der Waals surface area contributed by atoms with Crippen LogP contribution in [0, 0.1) is 0 Å². The van der Waals surface area contributed by atoms with Crippen molar-refractivity contribution >= 4 is 23.1 Å². The molecule has 0 aliphatic heterocycles. The second kappa shape index (κ2) is 6.62. The minimum absolute atomic E-state index is 0.882. The average molecular weight is 224 g/mol. The van der Waals surface area contributed by atoms with Gasteiger partial charge in [-0.15, -0.1) is 0 Å². The van der Waals surface area contributed by atoms with E-state index in [1.54, 1.807) is 0 Å². The smallest absolute Gasteiger partial charge is 0.0600 e. The summed E-state index contributed by atoms with van der Waals surface area (Å²) < 4.78 is 0. The van der Waals surface area contributed by atoms with Crippen LogP contribution in [0.25, 0.3) is 0 Å². The predicted octanol–water partition coefficient (Wildman–Crippen LogP) is 2.85. The van der Waals surface area contributed by atoms with Crippen molar-refractivity contribution in [3.05, 3.63) is 24.3 Å². The minimum atomic E-state index is 0.882. The van der Waals surface area contributed by atoms with Crippen LogP contribution in [0.2, 0.25) is 0 Å². The molecular formula is C12H20N2S. The summed E-state index contributed by atoms with van der Waals surface area (Å²) in [7, 11) is 0. The SMILES string of the molecule is CCCN(CCSC)c1ccccc1N. The summed E-state index contributed by atoms with van der Waals surface area (Å²) in [5.74, 6) is 1.15. The van der Waals surface area contributed by atoms with Crippen molar-refractivity contribution in [1.82, 2.24) is 0 Å². The van der Waals surface area contributed by atoms with Crippen LogP contribution in [-0.4, -0.2) is 25.1 Å². The highest BCUT2D eigenvalue weighted by Gasteiger charge is 2.07. The number of benzene rings is 1. The quantitative estimate of drug-likeness (QED) is 0.753. The molecule has 3 heteroatoms. The first-order chi connectivity index (χ1) is 7.29. The molecule has 2 N–H and O–H groups in total. The van der Waals surface area contributed by atoms with Gasteiger partial charge in [0.2, 0.25) is 0 Å². The van der Waals surface area contributed by atoms with Crippen molar-refractivity contribution in [1.29, 1.82) is 0 Å². The second-order valence-corrected chi connectivity index (χ2v) is 4.52. The molecule has 1 aromatic carbocycles. The Labute approximate surface area is 96.8 Å². The van der Waals surface area contributed by atoms with Gasteiger partial charge in [-0.2, -0.15) is 11.8 Å². The van der Waals surface area contributed by atoms with Crippen molar-refractivity contribution in [3.8, 4) is 0 Å². The van der Waals surface area contributed by atoms with E-state index in [1.165, 1.54) is 5.69 Å². The van der Waals surface area contributed by atoms with Crippen LogP contribution >= 0.6 is 11.8 Å². The molecule has 0 atom stereocenters. The Morgan fingerprint density at radius 3 is 2.60 bits per heavy atom. The first-order valence-corrected chi connectivity index (χ1v) is 6.77. The van der Waals surface area contributed by atoms with Gasteiger partial charge in [-0.05, 0) is 24.8 Å². The van der Waals surface area contributed by atoms with Crippen molar-refractivity contribution in [2.75, 3.05) is 35.7 Å². The third kappa shape index (κ3) is 3.67. The normalized spacial score (nSPS) is 10.3. The summed E-state index contributed by atoms with van der Waals surface area (Å²) in [6.07, 6.45) is 3.29. The molecule has 15 heavy (non-hydrogen) atoms. The Kier molecular flexibility index (Phi) is 5.40. The molecule has 0 amide bonds. The Hall–Kier alpha value is -0.830. The van der Waals surface area contributed by atoms with Gasteiger partial charge < -0.3 is 10.6 Å². The Morgan fingerprint density at radius 1 is 1.27 bits per heavy atom. The number of anilines is 2. The third-order valence-electron chi connectivity index (χ3n) is 2.34. The van der Waals surface area contributed by atoms with Gasteiger partial charge in [0, 0.05) is 18.8 Å². The van der Waals surface area contributed by atoms with E-state index in [4.69, 9.17) is 5.73 Å². The number of thioether (sulfide) groups is 1. The lowest BCUT2D eigenvalue weighted by atomic mass is 10.2. The first-order valence-electron chi connectivity index (χ1n) is 5.38. The third-order valence-corrected chi connectivity index (χ3v) is 2.93. The highest BCUT2D eigenvalue weighted by molar-refractivity contribution is 7.98.